The topological polar surface area (TPSA) is 124 Å². The zero-order chi connectivity index (χ0) is 23.6. The fourth-order valence-corrected chi connectivity index (χ4v) is 4.20. The Morgan fingerprint density at radius 1 is 1.09 bits per heavy atom. The molecule has 1 atom stereocenters. The fourth-order valence-electron chi connectivity index (χ4n) is 4.20. The molecule has 1 unspecified atom stereocenters. The maximum Gasteiger partial charge on any atom is 0.303 e. The number of anilines is 1. The molecule has 1 aromatic carbocycles. The molecule has 4 amide bonds. The van der Waals surface area contributed by atoms with Gasteiger partial charge in [-0.15, -0.1) is 0 Å². The first kappa shape index (κ1) is 23.4. The van der Waals surface area contributed by atoms with Crippen molar-refractivity contribution in [2.75, 3.05) is 11.4 Å². The minimum absolute atomic E-state index is 0.0781. The zero-order valence-electron chi connectivity index (χ0n) is 18.6. The van der Waals surface area contributed by atoms with Crippen molar-refractivity contribution in [2.24, 2.45) is 0 Å². The molecule has 0 aliphatic carbocycles. The SMILES string of the molecule is CC(C)(C)N(CCCCCC(=O)O)c1ccc2c(c1)C(=O)N(C1CCC(=O)NC1=O)C2=O. The lowest BCUT2D eigenvalue weighted by Gasteiger charge is -2.38. The molecule has 0 radical (unpaired) electrons. The summed E-state index contributed by atoms with van der Waals surface area (Å²) in [4.78, 5) is 63.4. The third kappa shape index (κ3) is 4.81. The predicted molar refractivity (Wildman–Crippen MR) is 116 cm³/mol. The number of carbonyl (C=O) groups is 5. The highest BCUT2D eigenvalue weighted by molar-refractivity contribution is 6.23. The van der Waals surface area contributed by atoms with E-state index in [2.05, 4.69) is 10.2 Å². The fraction of sp³-hybridized carbons (Fsp3) is 0.522. The van der Waals surface area contributed by atoms with E-state index in [0.29, 0.717) is 13.0 Å². The normalized spacial score (nSPS) is 18.6. The predicted octanol–water partition coefficient (Wildman–Crippen LogP) is 2.34. The molecule has 9 heteroatoms. The summed E-state index contributed by atoms with van der Waals surface area (Å²) in [5, 5.41) is 11.0. The Balaban J connectivity index is 1.80. The quantitative estimate of drug-likeness (QED) is 0.467. The van der Waals surface area contributed by atoms with Crippen LogP contribution < -0.4 is 10.2 Å². The van der Waals surface area contributed by atoms with Crippen molar-refractivity contribution in [1.82, 2.24) is 10.2 Å². The Kier molecular flexibility index (Phi) is 6.66. The average Bonchev–Trinajstić information content (AvgIpc) is 2.94. The number of fused-ring (bicyclic) bond motifs is 1. The molecular formula is C23H29N3O6. The number of benzene rings is 1. The van der Waals surface area contributed by atoms with E-state index in [4.69, 9.17) is 5.11 Å². The molecule has 32 heavy (non-hydrogen) atoms. The third-order valence-corrected chi connectivity index (χ3v) is 5.82. The molecule has 1 saturated heterocycles. The van der Waals surface area contributed by atoms with E-state index < -0.39 is 35.6 Å². The van der Waals surface area contributed by atoms with Crippen molar-refractivity contribution in [3.05, 3.63) is 29.3 Å². The van der Waals surface area contributed by atoms with Crippen LogP contribution in [-0.4, -0.2) is 57.7 Å². The highest BCUT2D eigenvalue weighted by atomic mass is 16.4. The molecular weight excluding hydrogens is 414 g/mol. The number of carbonyl (C=O) groups excluding carboxylic acids is 4. The number of hydrogen-bond donors (Lipinski definition) is 2. The standard InChI is InChI=1S/C23H29N3O6/c1-23(2,3)25(12-6-4-5-7-19(28)29)14-8-9-15-16(13-14)22(32)26(21(15)31)17-10-11-18(27)24-20(17)30/h8-9,13,17H,4-7,10-12H2,1-3H3,(H,28,29)(H,24,27,30). The molecule has 0 aromatic heterocycles. The van der Waals surface area contributed by atoms with Crippen LogP contribution in [0.3, 0.4) is 0 Å². The highest BCUT2D eigenvalue weighted by Crippen LogP contribution is 2.33. The molecule has 2 aliphatic heterocycles. The van der Waals surface area contributed by atoms with Crippen molar-refractivity contribution < 1.29 is 29.1 Å². The van der Waals surface area contributed by atoms with Crippen LogP contribution in [0, 0.1) is 0 Å². The Labute approximate surface area is 186 Å². The summed E-state index contributed by atoms with van der Waals surface area (Å²) in [5.74, 6) is -2.90. The molecule has 2 N–H and O–H groups in total. The van der Waals surface area contributed by atoms with E-state index in [-0.39, 0.29) is 35.9 Å². The van der Waals surface area contributed by atoms with Crippen LogP contribution in [0.5, 0.6) is 0 Å². The van der Waals surface area contributed by atoms with E-state index in [1.54, 1.807) is 18.2 Å². The van der Waals surface area contributed by atoms with Crippen molar-refractivity contribution in [2.45, 2.75) is 70.9 Å². The van der Waals surface area contributed by atoms with Gasteiger partial charge in [0.15, 0.2) is 0 Å². The number of nitrogens with zero attached hydrogens (tertiary/aromatic N) is 2. The van der Waals surface area contributed by atoms with Gasteiger partial charge in [0.25, 0.3) is 11.8 Å². The summed E-state index contributed by atoms with van der Waals surface area (Å²) in [6.07, 6.45) is 2.50. The van der Waals surface area contributed by atoms with Gasteiger partial charge in [-0.3, -0.25) is 34.2 Å². The molecule has 0 bridgehead atoms. The van der Waals surface area contributed by atoms with Crippen LogP contribution in [0.15, 0.2) is 18.2 Å². The lowest BCUT2D eigenvalue weighted by atomic mass is 10.0. The number of amides is 4. The van der Waals surface area contributed by atoms with Gasteiger partial charge in [-0.1, -0.05) is 6.42 Å². The van der Waals surface area contributed by atoms with Gasteiger partial charge in [0.1, 0.15) is 6.04 Å². The second-order valence-electron chi connectivity index (χ2n) is 9.20. The van der Waals surface area contributed by atoms with Gasteiger partial charge in [-0.2, -0.15) is 0 Å². The first-order chi connectivity index (χ1) is 15.0. The molecule has 1 fully saturated rings. The Morgan fingerprint density at radius 3 is 2.41 bits per heavy atom. The summed E-state index contributed by atoms with van der Waals surface area (Å²) in [7, 11) is 0. The Morgan fingerprint density at radius 2 is 1.78 bits per heavy atom. The monoisotopic (exact) mass is 443 g/mol. The van der Waals surface area contributed by atoms with Gasteiger partial charge in [0.05, 0.1) is 11.1 Å². The summed E-state index contributed by atoms with van der Waals surface area (Å²) in [6, 6.07) is 4.10. The largest absolute Gasteiger partial charge is 0.481 e. The first-order valence-corrected chi connectivity index (χ1v) is 10.9. The average molecular weight is 444 g/mol. The third-order valence-electron chi connectivity index (χ3n) is 5.82. The molecule has 0 saturated carbocycles. The van der Waals surface area contributed by atoms with Gasteiger partial charge < -0.3 is 10.0 Å². The van der Waals surface area contributed by atoms with E-state index in [0.717, 1.165) is 23.4 Å². The van der Waals surface area contributed by atoms with E-state index in [1.165, 1.54) is 0 Å². The van der Waals surface area contributed by atoms with Gasteiger partial charge in [-0.25, -0.2) is 0 Å². The van der Waals surface area contributed by atoms with Crippen molar-refractivity contribution in [1.29, 1.82) is 0 Å². The zero-order valence-corrected chi connectivity index (χ0v) is 18.6. The number of imide groups is 2. The van der Waals surface area contributed by atoms with E-state index >= 15 is 0 Å². The summed E-state index contributed by atoms with van der Waals surface area (Å²) in [5.41, 5.74) is 1.01. The van der Waals surface area contributed by atoms with Gasteiger partial charge in [-0.05, 0) is 58.2 Å². The number of carboxylic acid groups (broad SMARTS) is 1. The number of carboxylic acids is 1. The Hall–Kier alpha value is -3.23. The van der Waals surface area contributed by atoms with Gasteiger partial charge in [0, 0.05) is 30.6 Å². The number of aliphatic carboxylic acids is 1. The maximum atomic E-state index is 13.1. The minimum atomic E-state index is -0.989. The molecule has 2 aliphatic rings. The molecule has 9 nitrogen and oxygen atoms in total. The number of unbranched alkanes of at least 4 members (excludes halogenated alkanes) is 2. The Bertz CT molecular complexity index is 965. The van der Waals surface area contributed by atoms with Crippen LogP contribution in [0.25, 0.3) is 0 Å². The summed E-state index contributed by atoms with van der Waals surface area (Å²) in [6.45, 7) is 6.79. The molecule has 0 spiro atoms. The summed E-state index contributed by atoms with van der Waals surface area (Å²) < 4.78 is 0. The summed E-state index contributed by atoms with van der Waals surface area (Å²) >= 11 is 0. The molecule has 172 valence electrons. The smallest absolute Gasteiger partial charge is 0.303 e. The van der Waals surface area contributed by atoms with Crippen LogP contribution in [0.2, 0.25) is 0 Å². The molecule has 2 heterocycles. The maximum absolute atomic E-state index is 13.1. The second-order valence-corrected chi connectivity index (χ2v) is 9.20. The molecule has 3 rings (SSSR count). The van der Waals surface area contributed by atoms with E-state index in [1.807, 2.05) is 20.8 Å². The van der Waals surface area contributed by atoms with Gasteiger partial charge >= 0.3 is 5.97 Å². The van der Waals surface area contributed by atoms with Crippen LogP contribution in [0.4, 0.5) is 5.69 Å². The first-order valence-electron chi connectivity index (χ1n) is 10.9. The number of hydrogen-bond acceptors (Lipinski definition) is 6. The number of rotatable bonds is 8. The molecule has 1 aromatic rings. The van der Waals surface area contributed by atoms with Crippen LogP contribution in [-0.2, 0) is 14.4 Å². The minimum Gasteiger partial charge on any atom is -0.481 e. The van der Waals surface area contributed by atoms with Crippen molar-refractivity contribution in [3.63, 3.8) is 0 Å². The second kappa shape index (κ2) is 9.10. The number of piperidine rings is 1. The number of nitrogens with one attached hydrogen (secondary N) is 1. The lowest BCUT2D eigenvalue weighted by Crippen LogP contribution is -2.54. The van der Waals surface area contributed by atoms with Crippen LogP contribution >= 0.6 is 0 Å². The highest BCUT2D eigenvalue weighted by Gasteiger charge is 2.44. The van der Waals surface area contributed by atoms with Crippen molar-refractivity contribution in [3.8, 4) is 0 Å². The van der Waals surface area contributed by atoms with Crippen molar-refractivity contribution >= 4 is 35.3 Å². The lowest BCUT2D eigenvalue weighted by molar-refractivity contribution is -0.138. The van der Waals surface area contributed by atoms with E-state index in [9.17, 15) is 24.0 Å². The van der Waals surface area contributed by atoms with Gasteiger partial charge in [0.2, 0.25) is 11.8 Å². The van der Waals surface area contributed by atoms with Crippen LogP contribution in [0.1, 0.15) is 80.0 Å².